The lowest BCUT2D eigenvalue weighted by Crippen LogP contribution is -2.24. The minimum atomic E-state index is -1.01. The Labute approximate surface area is 99.2 Å². The van der Waals surface area contributed by atoms with Crippen molar-refractivity contribution >= 4 is 5.97 Å². The molecule has 0 spiro atoms. The van der Waals surface area contributed by atoms with E-state index < -0.39 is 5.97 Å². The first-order valence-corrected chi connectivity index (χ1v) is 6.10. The van der Waals surface area contributed by atoms with E-state index in [-0.39, 0.29) is 11.7 Å². The third-order valence-corrected chi connectivity index (χ3v) is 3.56. The van der Waals surface area contributed by atoms with Crippen molar-refractivity contribution in [3.8, 4) is 0 Å². The van der Waals surface area contributed by atoms with E-state index in [9.17, 15) is 4.79 Å². The predicted octanol–water partition coefficient (Wildman–Crippen LogP) is 0.633. The Morgan fingerprint density at radius 3 is 2.94 bits per heavy atom. The van der Waals surface area contributed by atoms with Gasteiger partial charge in [-0.05, 0) is 25.2 Å². The van der Waals surface area contributed by atoms with Crippen molar-refractivity contribution < 1.29 is 9.90 Å². The van der Waals surface area contributed by atoms with Crippen LogP contribution in [0.4, 0.5) is 0 Å². The lowest BCUT2D eigenvalue weighted by atomic mass is 10.3. The third-order valence-electron chi connectivity index (χ3n) is 3.56. The molecule has 0 radical (unpaired) electrons. The molecule has 1 aromatic heterocycles. The van der Waals surface area contributed by atoms with Crippen molar-refractivity contribution in [3.05, 3.63) is 11.9 Å². The van der Waals surface area contributed by atoms with E-state index >= 15 is 0 Å². The molecule has 3 rings (SSSR count). The van der Waals surface area contributed by atoms with E-state index in [1.54, 1.807) is 4.68 Å². The van der Waals surface area contributed by atoms with E-state index in [4.69, 9.17) is 5.11 Å². The first-order valence-electron chi connectivity index (χ1n) is 6.10. The topological polar surface area (TPSA) is 71.2 Å². The Morgan fingerprint density at radius 1 is 1.47 bits per heavy atom. The molecule has 0 bridgehead atoms. The van der Waals surface area contributed by atoms with Gasteiger partial charge >= 0.3 is 5.97 Å². The summed E-state index contributed by atoms with van der Waals surface area (Å²) in [4.78, 5) is 13.2. The number of aromatic carboxylic acids is 1. The molecule has 92 valence electrons. The molecule has 2 aliphatic rings. The van der Waals surface area contributed by atoms with E-state index in [0.29, 0.717) is 0 Å². The molecule has 1 saturated heterocycles. The molecule has 1 aromatic rings. The van der Waals surface area contributed by atoms with Gasteiger partial charge in [0.25, 0.3) is 0 Å². The number of nitrogens with zero attached hydrogens (tertiary/aromatic N) is 4. The van der Waals surface area contributed by atoms with Crippen LogP contribution in [-0.2, 0) is 0 Å². The summed E-state index contributed by atoms with van der Waals surface area (Å²) in [6.07, 6.45) is 5.31. The molecule has 2 heterocycles. The fourth-order valence-electron chi connectivity index (χ4n) is 2.41. The zero-order valence-electron chi connectivity index (χ0n) is 9.62. The number of hydrogen-bond acceptors (Lipinski definition) is 4. The number of carboxylic acids is 1. The zero-order chi connectivity index (χ0) is 11.8. The number of aromatic nitrogens is 3. The first-order chi connectivity index (χ1) is 8.22. The van der Waals surface area contributed by atoms with Gasteiger partial charge in [-0.3, -0.25) is 0 Å². The summed E-state index contributed by atoms with van der Waals surface area (Å²) < 4.78 is 1.70. The monoisotopic (exact) mass is 236 g/mol. The van der Waals surface area contributed by atoms with E-state index in [2.05, 4.69) is 15.2 Å². The molecule has 1 unspecified atom stereocenters. The van der Waals surface area contributed by atoms with E-state index in [1.165, 1.54) is 25.6 Å². The smallest absolute Gasteiger partial charge is 0.358 e. The maximum atomic E-state index is 10.7. The second kappa shape index (κ2) is 4.10. The maximum Gasteiger partial charge on any atom is 0.358 e. The molecular weight excluding hydrogens is 220 g/mol. The van der Waals surface area contributed by atoms with Gasteiger partial charge in [0.15, 0.2) is 5.69 Å². The average molecular weight is 236 g/mol. The summed E-state index contributed by atoms with van der Waals surface area (Å²) in [7, 11) is 0. The van der Waals surface area contributed by atoms with Gasteiger partial charge in [0.1, 0.15) is 0 Å². The highest BCUT2D eigenvalue weighted by Gasteiger charge is 2.30. The summed E-state index contributed by atoms with van der Waals surface area (Å²) in [6.45, 7) is 3.25. The fourth-order valence-corrected chi connectivity index (χ4v) is 2.41. The lowest BCUT2D eigenvalue weighted by Gasteiger charge is -2.14. The standard InChI is InChI=1S/C11H16N4O2/c16-11(17)10-7-15(13-12-10)9-3-4-14(6-9)5-8-1-2-8/h7-9H,1-6H2,(H,16,17). The minimum absolute atomic E-state index is 0.0330. The Hall–Kier alpha value is -1.43. The predicted molar refractivity (Wildman–Crippen MR) is 59.8 cm³/mol. The molecule has 1 aliphatic carbocycles. The largest absolute Gasteiger partial charge is 0.476 e. The minimum Gasteiger partial charge on any atom is -0.476 e. The van der Waals surface area contributed by atoms with Gasteiger partial charge < -0.3 is 10.0 Å². The molecule has 0 amide bonds. The van der Waals surface area contributed by atoms with Crippen LogP contribution in [0.1, 0.15) is 35.8 Å². The van der Waals surface area contributed by atoms with Gasteiger partial charge in [0, 0.05) is 19.6 Å². The van der Waals surface area contributed by atoms with Crippen molar-refractivity contribution in [2.75, 3.05) is 19.6 Å². The van der Waals surface area contributed by atoms with Gasteiger partial charge in [-0.1, -0.05) is 5.21 Å². The third kappa shape index (κ3) is 2.31. The van der Waals surface area contributed by atoms with Crippen LogP contribution in [0.15, 0.2) is 6.20 Å². The Balaban J connectivity index is 1.62. The number of likely N-dealkylation sites (tertiary alicyclic amines) is 1. The lowest BCUT2D eigenvalue weighted by molar-refractivity contribution is 0.0690. The highest BCUT2D eigenvalue weighted by atomic mass is 16.4. The summed E-state index contributed by atoms with van der Waals surface area (Å²) in [5, 5.41) is 16.4. The molecular formula is C11H16N4O2. The van der Waals surface area contributed by atoms with Crippen LogP contribution >= 0.6 is 0 Å². The fraction of sp³-hybridized carbons (Fsp3) is 0.727. The number of hydrogen-bond donors (Lipinski definition) is 1. The number of carboxylic acid groups (broad SMARTS) is 1. The van der Waals surface area contributed by atoms with Crippen LogP contribution in [0.5, 0.6) is 0 Å². The molecule has 17 heavy (non-hydrogen) atoms. The van der Waals surface area contributed by atoms with Crippen molar-refractivity contribution in [1.82, 2.24) is 19.9 Å². The highest BCUT2D eigenvalue weighted by Crippen LogP contribution is 2.32. The summed E-state index contributed by atoms with van der Waals surface area (Å²) >= 11 is 0. The molecule has 0 aromatic carbocycles. The SMILES string of the molecule is O=C(O)c1cn(C2CCN(CC3CC3)C2)nn1. The zero-order valence-corrected chi connectivity index (χ0v) is 9.62. The van der Waals surface area contributed by atoms with Gasteiger partial charge in [0.05, 0.1) is 12.2 Å². The van der Waals surface area contributed by atoms with E-state index in [0.717, 1.165) is 25.4 Å². The maximum absolute atomic E-state index is 10.7. The van der Waals surface area contributed by atoms with Crippen LogP contribution in [0, 0.1) is 5.92 Å². The molecule has 1 atom stereocenters. The van der Waals surface area contributed by atoms with Crippen LogP contribution in [0.2, 0.25) is 0 Å². The van der Waals surface area contributed by atoms with Gasteiger partial charge in [-0.15, -0.1) is 5.10 Å². The summed E-state index contributed by atoms with van der Waals surface area (Å²) in [5.74, 6) is -0.108. The van der Waals surface area contributed by atoms with Gasteiger partial charge in [-0.25, -0.2) is 9.48 Å². The van der Waals surface area contributed by atoms with Crippen LogP contribution < -0.4 is 0 Å². The number of rotatable bonds is 4. The quantitative estimate of drug-likeness (QED) is 0.830. The Kier molecular flexibility index (Phi) is 2.58. The average Bonchev–Trinajstić information content (AvgIpc) is 2.82. The van der Waals surface area contributed by atoms with Crippen LogP contribution in [0.25, 0.3) is 0 Å². The van der Waals surface area contributed by atoms with Gasteiger partial charge in [-0.2, -0.15) is 0 Å². The molecule has 6 nitrogen and oxygen atoms in total. The summed E-state index contributed by atoms with van der Waals surface area (Å²) in [6, 6.07) is 0.286. The van der Waals surface area contributed by atoms with Crippen molar-refractivity contribution in [2.24, 2.45) is 5.92 Å². The van der Waals surface area contributed by atoms with Gasteiger partial charge in [0.2, 0.25) is 0 Å². The first kappa shape index (κ1) is 10.7. The second-order valence-corrected chi connectivity index (χ2v) is 5.03. The van der Waals surface area contributed by atoms with Crippen molar-refractivity contribution in [1.29, 1.82) is 0 Å². The molecule has 6 heteroatoms. The highest BCUT2D eigenvalue weighted by molar-refractivity contribution is 5.84. The summed E-state index contributed by atoms with van der Waals surface area (Å²) in [5.41, 5.74) is 0.0330. The number of carbonyl (C=O) groups is 1. The van der Waals surface area contributed by atoms with Crippen LogP contribution in [-0.4, -0.2) is 50.6 Å². The van der Waals surface area contributed by atoms with Crippen LogP contribution in [0.3, 0.4) is 0 Å². The van der Waals surface area contributed by atoms with Crippen molar-refractivity contribution in [3.63, 3.8) is 0 Å². The second-order valence-electron chi connectivity index (χ2n) is 5.03. The van der Waals surface area contributed by atoms with E-state index in [1.807, 2.05) is 0 Å². The molecule has 1 saturated carbocycles. The normalized spacial score (nSPS) is 25.3. The molecule has 1 aliphatic heterocycles. The van der Waals surface area contributed by atoms with Crippen molar-refractivity contribution in [2.45, 2.75) is 25.3 Å². The molecule has 1 N–H and O–H groups in total. The Bertz CT molecular complexity index is 427. The Morgan fingerprint density at radius 2 is 2.29 bits per heavy atom. The molecule has 2 fully saturated rings.